The predicted molar refractivity (Wildman–Crippen MR) is 62.1 cm³/mol. The van der Waals surface area contributed by atoms with Crippen LogP contribution in [-0.4, -0.2) is 0 Å². The molecule has 0 radical (unpaired) electrons. The van der Waals surface area contributed by atoms with Crippen molar-refractivity contribution in [3.63, 3.8) is 0 Å². The Bertz CT molecular complexity index is 238. The molecule has 0 aliphatic heterocycles. The summed E-state index contributed by atoms with van der Waals surface area (Å²) in [5.74, 6) is 4.80. The minimum Gasteiger partial charge on any atom is -0.0848 e. The van der Waals surface area contributed by atoms with Gasteiger partial charge in [-0.15, -0.1) is 0 Å². The van der Waals surface area contributed by atoms with Crippen LogP contribution in [0.3, 0.4) is 0 Å². The first kappa shape index (κ1) is 10.3. The van der Waals surface area contributed by atoms with Crippen molar-refractivity contribution in [3.05, 3.63) is 11.6 Å². The lowest BCUT2D eigenvalue weighted by molar-refractivity contribution is 0.192. The van der Waals surface area contributed by atoms with Gasteiger partial charge < -0.3 is 0 Å². The monoisotopic (exact) mass is 192 g/mol. The molecule has 0 N–H and O–H groups in total. The smallest absolute Gasteiger partial charge is 0.0138 e. The van der Waals surface area contributed by atoms with Crippen LogP contribution in [0.4, 0.5) is 0 Å². The number of hydrogen-bond acceptors (Lipinski definition) is 0. The Morgan fingerprint density at radius 3 is 2.64 bits per heavy atom. The third kappa shape index (κ3) is 1.34. The second-order valence-corrected chi connectivity index (χ2v) is 5.54. The predicted octanol–water partition coefficient (Wildman–Crippen LogP) is 4.27. The Balaban J connectivity index is 2.09. The molecule has 4 unspecified atom stereocenters. The van der Waals surface area contributed by atoms with E-state index in [0.717, 1.165) is 29.6 Å². The summed E-state index contributed by atoms with van der Waals surface area (Å²) in [5.41, 5.74) is 1.80. The lowest BCUT2D eigenvalue weighted by atomic mass is 9.61. The van der Waals surface area contributed by atoms with E-state index in [1.54, 1.807) is 5.57 Å². The van der Waals surface area contributed by atoms with Crippen LogP contribution in [-0.2, 0) is 0 Å². The van der Waals surface area contributed by atoms with E-state index >= 15 is 0 Å². The van der Waals surface area contributed by atoms with Crippen LogP contribution in [0.15, 0.2) is 11.6 Å². The SMILES string of the molecule is CCC/C=C1\C2C(C)C(C)CC2[C@@H]1C. The molecule has 0 aromatic rings. The van der Waals surface area contributed by atoms with E-state index in [1.807, 2.05) is 0 Å². The van der Waals surface area contributed by atoms with E-state index in [4.69, 9.17) is 0 Å². The van der Waals surface area contributed by atoms with Crippen molar-refractivity contribution in [2.75, 3.05) is 0 Å². The zero-order chi connectivity index (χ0) is 10.3. The van der Waals surface area contributed by atoms with E-state index in [2.05, 4.69) is 33.8 Å². The van der Waals surface area contributed by atoms with Gasteiger partial charge >= 0.3 is 0 Å². The van der Waals surface area contributed by atoms with E-state index in [-0.39, 0.29) is 0 Å². The van der Waals surface area contributed by atoms with E-state index in [9.17, 15) is 0 Å². The first-order chi connectivity index (χ1) is 6.66. The molecule has 2 aliphatic rings. The molecule has 0 spiro atoms. The molecule has 0 heterocycles. The number of rotatable bonds is 2. The molecule has 80 valence electrons. The minimum absolute atomic E-state index is 0.902. The molecule has 0 aromatic heterocycles. The summed E-state index contributed by atoms with van der Waals surface area (Å²) in [6.07, 6.45) is 6.62. The molecular formula is C14H24. The van der Waals surface area contributed by atoms with Crippen LogP contribution >= 0.6 is 0 Å². The summed E-state index contributed by atoms with van der Waals surface area (Å²) in [5, 5.41) is 0. The highest BCUT2D eigenvalue weighted by Crippen LogP contribution is 2.59. The molecule has 2 rings (SSSR count). The third-order valence-electron chi connectivity index (χ3n) is 4.79. The molecule has 2 fully saturated rings. The zero-order valence-corrected chi connectivity index (χ0v) is 10.1. The van der Waals surface area contributed by atoms with Gasteiger partial charge in [0.25, 0.3) is 0 Å². The number of unbranched alkanes of at least 4 members (excludes halogenated alkanes) is 1. The molecule has 5 atom stereocenters. The molecule has 14 heavy (non-hydrogen) atoms. The fourth-order valence-corrected chi connectivity index (χ4v) is 3.67. The summed E-state index contributed by atoms with van der Waals surface area (Å²) < 4.78 is 0. The number of hydrogen-bond donors (Lipinski definition) is 0. The average Bonchev–Trinajstić information content (AvgIpc) is 2.43. The standard InChI is InChI=1S/C14H24/c1-5-6-7-12-11(4)13-8-9(2)10(3)14(12)13/h7,9-11,13-14H,5-6,8H2,1-4H3/b12-7-/t9?,10?,11-,13?,14?/m1/s1. The van der Waals surface area contributed by atoms with Crippen molar-refractivity contribution < 1.29 is 0 Å². The van der Waals surface area contributed by atoms with Crippen molar-refractivity contribution in [1.29, 1.82) is 0 Å². The summed E-state index contributed by atoms with van der Waals surface area (Å²) in [6, 6.07) is 0. The molecule has 2 aliphatic carbocycles. The van der Waals surface area contributed by atoms with Crippen molar-refractivity contribution in [1.82, 2.24) is 0 Å². The molecule has 0 bridgehead atoms. The minimum atomic E-state index is 0.902. The summed E-state index contributed by atoms with van der Waals surface area (Å²) in [7, 11) is 0. The molecule has 2 saturated carbocycles. The first-order valence-electron chi connectivity index (χ1n) is 6.36. The fourth-order valence-electron chi connectivity index (χ4n) is 3.67. The highest BCUT2D eigenvalue weighted by molar-refractivity contribution is 5.26. The van der Waals surface area contributed by atoms with Gasteiger partial charge in [0.05, 0.1) is 0 Å². The summed E-state index contributed by atoms with van der Waals surface area (Å²) in [4.78, 5) is 0. The van der Waals surface area contributed by atoms with E-state index in [1.165, 1.54) is 19.3 Å². The maximum Gasteiger partial charge on any atom is -0.0138 e. The van der Waals surface area contributed by atoms with Crippen LogP contribution in [0.1, 0.15) is 47.0 Å². The lowest BCUT2D eigenvalue weighted by Crippen LogP contribution is -2.36. The van der Waals surface area contributed by atoms with Gasteiger partial charge in [-0.2, -0.15) is 0 Å². The van der Waals surface area contributed by atoms with Gasteiger partial charge in [0.1, 0.15) is 0 Å². The van der Waals surface area contributed by atoms with Gasteiger partial charge in [-0.1, -0.05) is 45.8 Å². The highest BCUT2D eigenvalue weighted by atomic mass is 14.6. The maximum atomic E-state index is 2.54. The van der Waals surface area contributed by atoms with Crippen LogP contribution in [0.2, 0.25) is 0 Å². The average molecular weight is 192 g/mol. The van der Waals surface area contributed by atoms with Crippen LogP contribution in [0, 0.1) is 29.6 Å². The number of allylic oxidation sites excluding steroid dienone is 2. The van der Waals surface area contributed by atoms with E-state index < -0.39 is 0 Å². The maximum absolute atomic E-state index is 2.54. The zero-order valence-electron chi connectivity index (χ0n) is 10.1. The molecule has 0 heteroatoms. The Morgan fingerprint density at radius 2 is 2.00 bits per heavy atom. The fraction of sp³-hybridized carbons (Fsp3) is 0.857. The van der Waals surface area contributed by atoms with Gasteiger partial charge in [-0.25, -0.2) is 0 Å². The highest BCUT2D eigenvalue weighted by Gasteiger charge is 2.51. The van der Waals surface area contributed by atoms with Crippen LogP contribution in [0.5, 0.6) is 0 Å². The summed E-state index contributed by atoms with van der Waals surface area (Å²) >= 11 is 0. The summed E-state index contributed by atoms with van der Waals surface area (Å²) in [6.45, 7) is 9.61. The van der Waals surface area contributed by atoms with E-state index in [0.29, 0.717) is 0 Å². The Labute approximate surface area is 88.8 Å². The first-order valence-corrected chi connectivity index (χ1v) is 6.36. The second-order valence-electron chi connectivity index (χ2n) is 5.54. The Morgan fingerprint density at radius 1 is 1.29 bits per heavy atom. The third-order valence-corrected chi connectivity index (χ3v) is 4.79. The van der Waals surface area contributed by atoms with Crippen molar-refractivity contribution in [2.45, 2.75) is 47.0 Å². The molecule has 0 nitrogen and oxygen atoms in total. The Kier molecular flexibility index (Phi) is 2.72. The van der Waals surface area contributed by atoms with Gasteiger partial charge in [0.2, 0.25) is 0 Å². The van der Waals surface area contributed by atoms with Gasteiger partial charge in [0.15, 0.2) is 0 Å². The second kappa shape index (κ2) is 3.72. The van der Waals surface area contributed by atoms with Crippen molar-refractivity contribution >= 4 is 0 Å². The van der Waals surface area contributed by atoms with Gasteiger partial charge in [-0.3, -0.25) is 0 Å². The Hall–Kier alpha value is -0.260. The largest absolute Gasteiger partial charge is 0.0848 e. The molecule has 0 saturated heterocycles. The topological polar surface area (TPSA) is 0 Å². The van der Waals surface area contributed by atoms with Gasteiger partial charge in [-0.05, 0) is 42.4 Å². The molecule has 0 amide bonds. The molecule has 0 aromatic carbocycles. The van der Waals surface area contributed by atoms with Crippen LogP contribution in [0.25, 0.3) is 0 Å². The lowest BCUT2D eigenvalue weighted by Gasteiger charge is -2.44. The normalized spacial score (nSPS) is 49.1. The van der Waals surface area contributed by atoms with Gasteiger partial charge in [0, 0.05) is 0 Å². The quantitative estimate of drug-likeness (QED) is 0.573. The van der Waals surface area contributed by atoms with Crippen molar-refractivity contribution in [2.24, 2.45) is 29.6 Å². The number of fused-ring (bicyclic) bond motifs is 1. The van der Waals surface area contributed by atoms with Crippen LogP contribution < -0.4 is 0 Å². The van der Waals surface area contributed by atoms with Crippen molar-refractivity contribution in [3.8, 4) is 0 Å². The molecular weight excluding hydrogens is 168 g/mol.